The zero-order chi connectivity index (χ0) is 24.4. The van der Waals surface area contributed by atoms with Crippen LogP contribution in [-0.2, 0) is 11.3 Å². The first-order chi connectivity index (χ1) is 17.0. The van der Waals surface area contributed by atoms with Crippen LogP contribution in [0.2, 0.25) is 0 Å². The monoisotopic (exact) mass is 467 g/mol. The van der Waals surface area contributed by atoms with Crippen LogP contribution in [0.25, 0.3) is 6.08 Å². The minimum atomic E-state index is -0.459. The summed E-state index contributed by atoms with van der Waals surface area (Å²) in [5, 5.41) is 9.94. The molecule has 2 N–H and O–H groups in total. The largest absolute Gasteiger partial charge is 0.440 e. The summed E-state index contributed by atoms with van der Waals surface area (Å²) < 4.78 is 33.2. The Hall–Kier alpha value is -4.21. The average molecular weight is 468 g/mol. The van der Waals surface area contributed by atoms with Gasteiger partial charge in [0, 0.05) is 25.2 Å². The number of nitrogens with zero attached hydrogens (tertiary/aromatic N) is 2. The van der Waals surface area contributed by atoms with Gasteiger partial charge in [-0.3, -0.25) is 4.90 Å². The molecule has 6 heteroatoms. The maximum absolute atomic E-state index is 13.7. The molecule has 2 aliphatic heterocycles. The summed E-state index contributed by atoms with van der Waals surface area (Å²) in [5.74, 6) is -0.458. The van der Waals surface area contributed by atoms with E-state index in [9.17, 15) is 14.0 Å². The van der Waals surface area contributed by atoms with Gasteiger partial charge in [-0.2, -0.15) is 5.26 Å². The predicted molar refractivity (Wildman–Crippen MR) is 130 cm³/mol. The second-order valence-corrected chi connectivity index (χ2v) is 8.68. The summed E-state index contributed by atoms with van der Waals surface area (Å²) in [6.45, 7) is 1.82. The molecule has 0 fully saturated rings. The van der Waals surface area contributed by atoms with Crippen LogP contribution in [0.5, 0.6) is 0 Å². The summed E-state index contributed by atoms with van der Waals surface area (Å²) in [6.07, 6.45) is 1.96. The second-order valence-electron chi connectivity index (χ2n) is 8.68. The first-order valence-corrected chi connectivity index (χ1v) is 11.3. The highest BCUT2D eigenvalue weighted by Crippen LogP contribution is 2.44. The summed E-state index contributed by atoms with van der Waals surface area (Å²) in [4.78, 5) is 2.26. The predicted octanol–water partition coefficient (Wildman–Crippen LogP) is 5.63. The Kier molecular flexibility index (Phi) is 6.17. The van der Waals surface area contributed by atoms with Gasteiger partial charge in [-0.15, -0.1) is 0 Å². The molecule has 1 atom stereocenters. The van der Waals surface area contributed by atoms with Crippen molar-refractivity contribution in [3.8, 4) is 6.07 Å². The summed E-state index contributed by atoms with van der Waals surface area (Å²) in [7, 11) is 0. The van der Waals surface area contributed by atoms with Crippen molar-refractivity contribution in [1.82, 2.24) is 4.90 Å². The summed E-state index contributed by atoms with van der Waals surface area (Å²) in [5.41, 5.74) is 11.0. The van der Waals surface area contributed by atoms with Crippen LogP contribution in [0.15, 0.2) is 107 Å². The van der Waals surface area contributed by atoms with Crippen LogP contribution < -0.4 is 5.73 Å². The van der Waals surface area contributed by atoms with Crippen molar-refractivity contribution in [2.75, 3.05) is 13.1 Å². The molecule has 0 radical (unpaired) electrons. The van der Waals surface area contributed by atoms with E-state index in [1.807, 2.05) is 24.3 Å². The van der Waals surface area contributed by atoms with Gasteiger partial charge >= 0.3 is 0 Å². The Morgan fingerprint density at radius 3 is 2.26 bits per heavy atom. The number of ether oxygens (including phenoxy) is 1. The fourth-order valence-electron chi connectivity index (χ4n) is 4.69. The number of nitrogens with two attached hydrogens (primary N) is 1. The highest BCUT2D eigenvalue weighted by Gasteiger charge is 2.37. The minimum absolute atomic E-state index is 0.0436. The van der Waals surface area contributed by atoms with Gasteiger partial charge in [-0.1, -0.05) is 54.6 Å². The van der Waals surface area contributed by atoms with Crippen LogP contribution in [0.3, 0.4) is 0 Å². The molecule has 2 heterocycles. The average Bonchev–Trinajstić information content (AvgIpc) is 2.86. The van der Waals surface area contributed by atoms with Crippen molar-refractivity contribution in [3.63, 3.8) is 0 Å². The fourth-order valence-corrected chi connectivity index (χ4v) is 4.69. The normalized spacial score (nSPS) is 19.3. The molecule has 35 heavy (non-hydrogen) atoms. The van der Waals surface area contributed by atoms with Crippen LogP contribution in [0, 0.1) is 23.0 Å². The van der Waals surface area contributed by atoms with Crippen molar-refractivity contribution in [2.24, 2.45) is 5.73 Å². The molecule has 1 unspecified atom stereocenters. The van der Waals surface area contributed by atoms with E-state index in [4.69, 9.17) is 10.5 Å². The summed E-state index contributed by atoms with van der Waals surface area (Å²) in [6, 6.07) is 24.7. The highest BCUT2D eigenvalue weighted by molar-refractivity contribution is 5.63. The van der Waals surface area contributed by atoms with E-state index in [0.717, 1.165) is 27.8 Å². The molecular weight excluding hydrogens is 444 g/mol. The van der Waals surface area contributed by atoms with Gasteiger partial charge in [0.25, 0.3) is 0 Å². The zero-order valence-electron chi connectivity index (χ0n) is 18.9. The topological polar surface area (TPSA) is 62.3 Å². The van der Waals surface area contributed by atoms with Crippen molar-refractivity contribution in [2.45, 2.75) is 12.5 Å². The lowest BCUT2D eigenvalue weighted by Crippen LogP contribution is -2.37. The number of rotatable bonds is 4. The van der Waals surface area contributed by atoms with Gasteiger partial charge in [0.15, 0.2) is 0 Å². The Balaban J connectivity index is 1.62. The molecule has 0 aromatic heterocycles. The van der Waals surface area contributed by atoms with E-state index in [2.05, 4.69) is 23.1 Å². The Labute approximate surface area is 202 Å². The molecule has 0 bridgehead atoms. The van der Waals surface area contributed by atoms with Crippen LogP contribution in [0.4, 0.5) is 8.78 Å². The lowest BCUT2D eigenvalue weighted by molar-refractivity contribution is 0.230. The first-order valence-electron chi connectivity index (χ1n) is 11.3. The van der Waals surface area contributed by atoms with Gasteiger partial charge in [-0.05, 0) is 52.6 Å². The molecule has 0 saturated carbocycles. The second kappa shape index (κ2) is 9.57. The zero-order valence-corrected chi connectivity index (χ0v) is 18.9. The third-order valence-electron chi connectivity index (χ3n) is 6.27. The van der Waals surface area contributed by atoms with Gasteiger partial charge < -0.3 is 10.5 Å². The standard InChI is InChI=1S/C29H23F2N3O/c30-23-10-6-19(7-11-23)14-22-17-34(16-20-4-2-1-3-5-20)18-26-27(21-8-12-24(31)13-9-21)25(15-32)29(33)35-28(22)26/h1-14,27H,16-18,33H2. The number of hydrogen-bond donors (Lipinski definition) is 1. The van der Waals surface area contributed by atoms with Gasteiger partial charge in [0.1, 0.15) is 29.0 Å². The lowest BCUT2D eigenvalue weighted by Gasteiger charge is -2.38. The third-order valence-corrected chi connectivity index (χ3v) is 6.27. The smallest absolute Gasteiger partial charge is 0.205 e. The maximum Gasteiger partial charge on any atom is 0.205 e. The Morgan fingerprint density at radius 1 is 0.943 bits per heavy atom. The summed E-state index contributed by atoms with van der Waals surface area (Å²) >= 11 is 0. The number of allylic oxidation sites excluding steroid dienone is 1. The Morgan fingerprint density at radius 2 is 1.60 bits per heavy atom. The third kappa shape index (κ3) is 4.72. The van der Waals surface area contributed by atoms with Crippen LogP contribution in [-0.4, -0.2) is 18.0 Å². The van der Waals surface area contributed by atoms with Crippen molar-refractivity contribution < 1.29 is 13.5 Å². The number of nitriles is 1. The number of hydrogen-bond acceptors (Lipinski definition) is 4. The Bertz CT molecular complexity index is 1370. The van der Waals surface area contributed by atoms with Crippen molar-refractivity contribution in [3.05, 3.63) is 136 Å². The molecule has 2 aliphatic rings. The fraction of sp³-hybridized carbons (Fsp3) is 0.138. The van der Waals surface area contributed by atoms with E-state index < -0.39 is 5.92 Å². The first kappa shape index (κ1) is 22.6. The van der Waals surface area contributed by atoms with Crippen LogP contribution in [0.1, 0.15) is 22.6 Å². The SMILES string of the molecule is N#CC1=C(N)OC2=C(CN(Cc3ccccc3)CC2=Cc2ccc(F)cc2)C1c1ccc(F)cc1. The van der Waals surface area contributed by atoms with E-state index in [1.54, 1.807) is 24.3 Å². The van der Waals surface area contributed by atoms with Gasteiger partial charge in [0.2, 0.25) is 5.88 Å². The quantitative estimate of drug-likeness (QED) is 0.541. The molecule has 0 amide bonds. The number of benzene rings is 3. The molecule has 0 spiro atoms. The van der Waals surface area contributed by atoms with Crippen LogP contribution >= 0.6 is 0 Å². The van der Waals surface area contributed by atoms with Gasteiger partial charge in [-0.25, -0.2) is 8.78 Å². The molecule has 4 nitrogen and oxygen atoms in total. The minimum Gasteiger partial charge on any atom is -0.440 e. The number of halogens is 2. The molecule has 5 rings (SSSR count). The van der Waals surface area contributed by atoms with Crippen molar-refractivity contribution >= 4 is 6.08 Å². The van der Waals surface area contributed by atoms with E-state index in [1.165, 1.54) is 24.3 Å². The lowest BCUT2D eigenvalue weighted by atomic mass is 9.80. The van der Waals surface area contributed by atoms with E-state index in [-0.39, 0.29) is 17.5 Å². The molecule has 0 saturated heterocycles. The highest BCUT2D eigenvalue weighted by atomic mass is 19.1. The molecular formula is C29H23F2N3O. The van der Waals surface area contributed by atoms with Gasteiger partial charge in [0.05, 0.1) is 5.92 Å². The maximum atomic E-state index is 13.7. The molecule has 3 aromatic carbocycles. The molecule has 3 aromatic rings. The molecule has 174 valence electrons. The van der Waals surface area contributed by atoms with E-state index >= 15 is 0 Å². The van der Waals surface area contributed by atoms with E-state index in [0.29, 0.717) is 31.0 Å². The van der Waals surface area contributed by atoms with Crippen molar-refractivity contribution in [1.29, 1.82) is 5.26 Å². The molecule has 0 aliphatic carbocycles.